The molecule has 0 bridgehead atoms. The third-order valence-corrected chi connectivity index (χ3v) is 14.3. The van der Waals surface area contributed by atoms with Crippen LogP contribution in [0.1, 0.15) is 47.0 Å². The van der Waals surface area contributed by atoms with E-state index in [1.807, 2.05) is 95.5 Å². The summed E-state index contributed by atoms with van der Waals surface area (Å²) in [4.78, 5) is 25.3. The summed E-state index contributed by atoms with van der Waals surface area (Å²) in [5.74, 6) is -1.03. The van der Waals surface area contributed by atoms with Gasteiger partial charge in [-0.25, -0.2) is 4.79 Å². The number of carbonyl (C=O) groups excluding carboxylic acids is 2. The summed E-state index contributed by atoms with van der Waals surface area (Å²) in [6.45, 7) is 7.84. The molecule has 0 aliphatic carbocycles. The van der Waals surface area contributed by atoms with Crippen molar-refractivity contribution >= 4 is 148 Å². The molecule has 0 aromatic rings. The third-order valence-electron chi connectivity index (χ3n) is 3.63. The summed E-state index contributed by atoms with van der Waals surface area (Å²) in [5, 5.41) is 0. The van der Waals surface area contributed by atoms with Crippen LogP contribution in [0.4, 0.5) is 0 Å². The van der Waals surface area contributed by atoms with Crippen molar-refractivity contribution in [3.05, 3.63) is 0 Å². The van der Waals surface area contributed by atoms with Gasteiger partial charge in [0.25, 0.3) is 0 Å². The van der Waals surface area contributed by atoms with E-state index >= 15 is 0 Å². The first kappa shape index (κ1) is 28.3. The molecule has 11 heteroatoms. The molecule has 2 unspecified atom stereocenters. The molecule has 0 heterocycles. The molecule has 0 aliphatic rings. The SMILES string of the molecule is CCC(C)OC(I)(I)C(I)(C(=O)OI)C(I)(I)OC(=O)C(CC)CC. The van der Waals surface area contributed by atoms with Gasteiger partial charge in [0, 0.05) is 0 Å². The fraction of sp³-hybridized carbons (Fsp3) is 0.857. The number of carbonyl (C=O) groups is 2. The Morgan fingerprint density at radius 3 is 1.76 bits per heavy atom. The maximum Gasteiger partial charge on any atom is 0.342 e. The summed E-state index contributed by atoms with van der Waals surface area (Å²) in [6.07, 6.45) is 2.10. The summed E-state index contributed by atoms with van der Waals surface area (Å²) >= 11 is 11.7. The van der Waals surface area contributed by atoms with E-state index < -0.39 is 12.6 Å². The first-order chi connectivity index (χ1) is 11.3. The van der Waals surface area contributed by atoms with Crippen molar-refractivity contribution in [2.75, 3.05) is 0 Å². The molecule has 0 amide bonds. The van der Waals surface area contributed by atoms with Gasteiger partial charge in [-0.2, -0.15) is 0 Å². The van der Waals surface area contributed by atoms with Gasteiger partial charge in [0.2, 0.25) is 6.65 Å². The van der Waals surface area contributed by atoms with Crippen LogP contribution < -0.4 is 0 Å². The Balaban J connectivity index is 5.91. The Bertz CT molecular complexity index is 469. The first-order valence-electron chi connectivity index (χ1n) is 7.52. The van der Waals surface area contributed by atoms with Crippen LogP contribution in [0.5, 0.6) is 0 Å². The van der Waals surface area contributed by atoms with Crippen LogP contribution in [0.25, 0.3) is 0 Å². The fourth-order valence-corrected chi connectivity index (χ4v) is 8.64. The summed E-state index contributed by atoms with van der Waals surface area (Å²) in [7, 11) is 0. The van der Waals surface area contributed by atoms with Crippen LogP contribution >= 0.6 is 136 Å². The largest absolute Gasteiger partial charge is 0.436 e. The van der Waals surface area contributed by atoms with E-state index in [0.717, 1.165) is 6.42 Å². The fourth-order valence-electron chi connectivity index (χ4n) is 1.78. The van der Waals surface area contributed by atoms with Gasteiger partial charge in [-0.05, 0) is 117 Å². The van der Waals surface area contributed by atoms with Crippen molar-refractivity contribution in [1.29, 1.82) is 0 Å². The Morgan fingerprint density at radius 2 is 1.40 bits per heavy atom. The Hall–Kier alpha value is 3.28. The van der Waals surface area contributed by atoms with Crippen molar-refractivity contribution in [3.8, 4) is 0 Å². The molecular weight excluding hydrogens is 1010 g/mol. The topological polar surface area (TPSA) is 61.8 Å². The molecule has 0 aromatic carbocycles. The number of hydrogen-bond acceptors (Lipinski definition) is 5. The zero-order valence-corrected chi connectivity index (χ0v) is 27.0. The minimum absolute atomic E-state index is 0.0664. The second-order valence-electron chi connectivity index (χ2n) is 5.33. The molecule has 5 nitrogen and oxygen atoms in total. The van der Waals surface area contributed by atoms with Crippen LogP contribution in [0.15, 0.2) is 0 Å². The maximum absolute atomic E-state index is 12.8. The van der Waals surface area contributed by atoms with Crippen molar-refractivity contribution in [2.24, 2.45) is 5.92 Å². The van der Waals surface area contributed by atoms with Gasteiger partial charge >= 0.3 is 11.9 Å². The summed E-state index contributed by atoms with van der Waals surface area (Å²) < 4.78 is 13.5. The minimum atomic E-state index is -1.27. The molecule has 0 rings (SSSR count). The van der Waals surface area contributed by atoms with Crippen LogP contribution in [0.3, 0.4) is 0 Å². The molecular formula is C14H20I6O5. The molecule has 2 atom stereocenters. The smallest absolute Gasteiger partial charge is 0.342 e. The van der Waals surface area contributed by atoms with Crippen molar-refractivity contribution in [1.82, 2.24) is 0 Å². The molecule has 0 radical (unpaired) electrons. The van der Waals surface area contributed by atoms with Crippen LogP contribution in [-0.2, 0) is 22.1 Å². The van der Waals surface area contributed by atoms with E-state index in [4.69, 9.17) is 12.5 Å². The second kappa shape index (κ2) is 12.2. The number of hydrogen-bond donors (Lipinski definition) is 0. The zero-order chi connectivity index (χ0) is 20.1. The Labute approximate surface area is 231 Å². The van der Waals surface area contributed by atoms with Gasteiger partial charge in [-0.1, -0.05) is 43.4 Å². The lowest BCUT2D eigenvalue weighted by Gasteiger charge is -2.44. The number of halogens is 6. The van der Waals surface area contributed by atoms with Crippen molar-refractivity contribution in [2.45, 2.75) is 59.7 Å². The predicted molar refractivity (Wildman–Crippen MR) is 149 cm³/mol. The molecule has 0 fully saturated rings. The van der Waals surface area contributed by atoms with E-state index in [1.165, 1.54) is 0 Å². The number of esters is 1. The number of ether oxygens (including phenoxy) is 2. The lowest BCUT2D eigenvalue weighted by molar-refractivity contribution is -0.155. The standard InChI is InChI=1S/C14H20I6O5/c1-5-8(4)23-13(16,17)12(15,11(22)25-20)14(18,19)24-10(21)9(6-2)7-3/h8-9H,5-7H2,1-4H3. The highest BCUT2D eigenvalue weighted by molar-refractivity contribution is 14.2. The molecule has 0 aromatic heterocycles. The second-order valence-corrected chi connectivity index (χ2v) is 17.6. The molecule has 0 N–H and O–H groups in total. The Kier molecular flexibility index (Phi) is 13.8. The van der Waals surface area contributed by atoms with Crippen molar-refractivity contribution < 1.29 is 22.1 Å². The van der Waals surface area contributed by atoms with Gasteiger partial charge in [-0.3, -0.25) is 4.79 Å². The molecule has 0 aliphatic heterocycles. The molecule has 25 heavy (non-hydrogen) atoms. The average molecular weight is 1030 g/mol. The van der Waals surface area contributed by atoms with Gasteiger partial charge in [0.05, 0.1) is 12.0 Å². The highest BCUT2D eigenvalue weighted by Crippen LogP contribution is 2.60. The van der Waals surface area contributed by atoms with Crippen molar-refractivity contribution in [3.63, 3.8) is 0 Å². The van der Waals surface area contributed by atoms with Gasteiger partial charge in [0.1, 0.15) is 0 Å². The number of alkyl halides is 5. The van der Waals surface area contributed by atoms with Gasteiger partial charge in [-0.15, -0.1) is 0 Å². The van der Waals surface area contributed by atoms with Gasteiger partial charge < -0.3 is 12.5 Å². The van der Waals surface area contributed by atoms with E-state index in [-0.39, 0.29) is 18.0 Å². The third kappa shape index (κ3) is 7.18. The van der Waals surface area contributed by atoms with Gasteiger partial charge in [0.15, 0.2) is 23.0 Å². The quantitative estimate of drug-likeness (QED) is 0.136. The predicted octanol–water partition coefficient (Wildman–Crippen LogP) is 6.90. The first-order valence-corrected chi connectivity index (χ1v) is 13.8. The zero-order valence-electron chi connectivity index (χ0n) is 14.1. The lowest BCUT2D eigenvalue weighted by atomic mass is 10.0. The van der Waals surface area contributed by atoms with E-state index in [0.29, 0.717) is 12.8 Å². The lowest BCUT2D eigenvalue weighted by Crippen LogP contribution is -2.61. The molecule has 0 saturated heterocycles. The monoisotopic (exact) mass is 1030 g/mol. The summed E-state index contributed by atoms with van der Waals surface area (Å²) in [6, 6.07) is 0. The van der Waals surface area contributed by atoms with Crippen LogP contribution in [0, 0.1) is 5.92 Å². The number of rotatable bonds is 10. The maximum atomic E-state index is 12.8. The minimum Gasteiger partial charge on any atom is -0.436 e. The van der Waals surface area contributed by atoms with E-state index in [2.05, 4.69) is 45.2 Å². The normalized spacial score (nSPS) is 16.3. The molecule has 0 spiro atoms. The highest BCUT2D eigenvalue weighted by Gasteiger charge is 2.68. The van der Waals surface area contributed by atoms with E-state index in [9.17, 15) is 9.59 Å². The molecule has 0 saturated carbocycles. The van der Waals surface area contributed by atoms with Crippen LogP contribution in [-0.4, -0.2) is 24.7 Å². The Morgan fingerprint density at radius 1 is 0.920 bits per heavy atom. The summed E-state index contributed by atoms with van der Waals surface area (Å²) in [5.41, 5.74) is 0. The highest BCUT2D eigenvalue weighted by atomic mass is 127. The average Bonchev–Trinajstić information content (AvgIpc) is 2.52. The molecule has 148 valence electrons. The van der Waals surface area contributed by atoms with Crippen LogP contribution in [0.2, 0.25) is 0 Å². The van der Waals surface area contributed by atoms with E-state index in [1.54, 1.807) is 23.0 Å².